The van der Waals surface area contributed by atoms with E-state index in [1.165, 1.54) is 17.4 Å². The summed E-state index contributed by atoms with van der Waals surface area (Å²) in [5.41, 5.74) is 1.26. The molecule has 0 fully saturated rings. The number of sulfonamides is 1. The van der Waals surface area contributed by atoms with Crippen molar-refractivity contribution in [2.24, 2.45) is 0 Å². The first kappa shape index (κ1) is 21.6. The quantitative estimate of drug-likeness (QED) is 0.336. The summed E-state index contributed by atoms with van der Waals surface area (Å²) in [4.78, 5) is 12.2. The van der Waals surface area contributed by atoms with Gasteiger partial charge in [0.15, 0.2) is 0 Å². The van der Waals surface area contributed by atoms with Gasteiger partial charge in [0, 0.05) is 15.4 Å². The van der Waals surface area contributed by atoms with Crippen LogP contribution in [0.1, 0.15) is 42.1 Å². The molecule has 29 heavy (non-hydrogen) atoms. The van der Waals surface area contributed by atoms with Crippen molar-refractivity contribution in [1.82, 2.24) is 0 Å². The van der Waals surface area contributed by atoms with Crippen LogP contribution in [0.4, 0.5) is 5.69 Å². The lowest BCUT2D eigenvalue weighted by molar-refractivity contribution is 0.0498. The minimum Gasteiger partial charge on any atom is -0.462 e. The zero-order valence-corrected chi connectivity index (χ0v) is 18.6. The second kappa shape index (κ2) is 9.15. The number of carbonyl (C=O) groups excluding carboxylic acids is 1. The van der Waals surface area contributed by atoms with Crippen LogP contribution in [0, 0.1) is 6.92 Å². The largest absolute Gasteiger partial charge is 0.462 e. The topological polar surface area (TPSA) is 72.5 Å². The van der Waals surface area contributed by atoms with Gasteiger partial charge >= 0.3 is 5.97 Å². The highest BCUT2D eigenvalue weighted by Crippen LogP contribution is 2.36. The maximum atomic E-state index is 13.0. The number of carbonyl (C=O) groups is 1. The Balaban J connectivity index is 1.81. The van der Waals surface area contributed by atoms with Crippen molar-refractivity contribution < 1.29 is 17.9 Å². The van der Waals surface area contributed by atoms with Crippen LogP contribution in [0.25, 0.3) is 10.1 Å². The summed E-state index contributed by atoms with van der Waals surface area (Å²) in [6, 6.07) is 11.6. The molecule has 5 nitrogen and oxygen atoms in total. The number of anilines is 1. The fourth-order valence-electron chi connectivity index (χ4n) is 2.94. The van der Waals surface area contributed by atoms with Crippen LogP contribution in [0.5, 0.6) is 0 Å². The maximum Gasteiger partial charge on any atom is 0.338 e. The molecule has 0 unspecified atom stereocenters. The minimum absolute atomic E-state index is 0.224. The third-order valence-corrected chi connectivity index (χ3v) is 7.94. The van der Waals surface area contributed by atoms with E-state index >= 15 is 0 Å². The molecular formula is C21H22ClNO4S2. The SMILES string of the molecule is CCCCCOC(=O)c1cccc(NS(=O)(=O)c2sc3ccc(Cl)cc3c2C)c1. The predicted molar refractivity (Wildman–Crippen MR) is 119 cm³/mol. The molecule has 0 saturated heterocycles. The van der Waals surface area contributed by atoms with E-state index in [4.69, 9.17) is 16.3 Å². The summed E-state index contributed by atoms with van der Waals surface area (Å²) in [5.74, 6) is -0.463. The van der Waals surface area contributed by atoms with E-state index in [0.29, 0.717) is 28.4 Å². The Kier molecular flexibility index (Phi) is 6.82. The fourth-order valence-corrected chi connectivity index (χ4v) is 5.91. The summed E-state index contributed by atoms with van der Waals surface area (Å²) >= 11 is 7.22. The number of rotatable bonds is 8. The van der Waals surface area contributed by atoms with Gasteiger partial charge in [0.2, 0.25) is 0 Å². The number of unbranched alkanes of at least 4 members (excludes halogenated alkanes) is 2. The highest BCUT2D eigenvalue weighted by atomic mass is 35.5. The number of esters is 1. The Morgan fingerprint density at radius 2 is 1.97 bits per heavy atom. The van der Waals surface area contributed by atoms with E-state index in [9.17, 15) is 13.2 Å². The van der Waals surface area contributed by atoms with E-state index in [1.54, 1.807) is 37.3 Å². The van der Waals surface area contributed by atoms with Crippen LogP contribution in [0.3, 0.4) is 0 Å². The molecule has 0 spiro atoms. The third-order valence-electron chi connectivity index (χ3n) is 4.43. The molecule has 0 aliphatic heterocycles. The highest BCUT2D eigenvalue weighted by molar-refractivity contribution is 7.94. The first-order valence-electron chi connectivity index (χ1n) is 9.30. The lowest BCUT2D eigenvalue weighted by Crippen LogP contribution is -2.13. The van der Waals surface area contributed by atoms with Crippen molar-refractivity contribution in [3.05, 3.63) is 58.6 Å². The summed E-state index contributed by atoms with van der Waals surface area (Å²) in [7, 11) is -3.81. The van der Waals surface area contributed by atoms with Gasteiger partial charge in [-0.1, -0.05) is 37.4 Å². The zero-order chi connectivity index (χ0) is 21.0. The average Bonchev–Trinajstić information content (AvgIpc) is 3.02. The smallest absolute Gasteiger partial charge is 0.338 e. The van der Waals surface area contributed by atoms with Gasteiger partial charge in [0.25, 0.3) is 10.0 Å². The molecule has 3 aromatic rings. The lowest BCUT2D eigenvalue weighted by atomic mass is 10.2. The number of aryl methyl sites for hydroxylation is 1. The predicted octanol–water partition coefficient (Wildman–Crippen LogP) is 6.01. The minimum atomic E-state index is -3.81. The molecule has 8 heteroatoms. The van der Waals surface area contributed by atoms with Crippen LogP contribution >= 0.6 is 22.9 Å². The third kappa shape index (κ3) is 5.10. The molecule has 0 aliphatic carbocycles. The van der Waals surface area contributed by atoms with Crippen LogP contribution in [-0.4, -0.2) is 21.0 Å². The van der Waals surface area contributed by atoms with Crippen LogP contribution < -0.4 is 4.72 Å². The molecule has 0 aliphatic rings. The van der Waals surface area contributed by atoms with Crippen molar-refractivity contribution in [1.29, 1.82) is 0 Å². The van der Waals surface area contributed by atoms with Gasteiger partial charge in [-0.2, -0.15) is 0 Å². The molecule has 0 saturated carbocycles. The molecule has 2 aromatic carbocycles. The second-order valence-corrected chi connectivity index (χ2v) is 10.1. The van der Waals surface area contributed by atoms with E-state index < -0.39 is 16.0 Å². The monoisotopic (exact) mass is 451 g/mol. The van der Waals surface area contributed by atoms with Crippen LogP contribution in [0.2, 0.25) is 5.02 Å². The number of fused-ring (bicyclic) bond motifs is 1. The van der Waals surface area contributed by atoms with Crippen molar-refractivity contribution >= 4 is 54.7 Å². The van der Waals surface area contributed by atoms with Gasteiger partial charge < -0.3 is 4.74 Å². The molecule has 0 amide bonds. The fraction of sp³-hybridized carbons (Fsp3) is 0.286. The van der Waals surface area contributed by atoms with Gasteiger partial charge in [-0.3, -0.25) is 4.72 Å². The summed E-state index contributed by atoms with van der Waals surface area (Å²) < 4.78 is 34.8. The van der Waals surface area contributed by atoms with Crippen molar-refractivity contribution in [2.75, 3.05) is 11.3 Å². The Morgan fingerprint density at radius 1 is 1.17 bits per heavy atom. The average molecular weight is 452 g/mol. The highest BCUT2D eigenvalue weighted by Gasteiger charge is 2.22. The van der Waals surface area contributed by atoms with Crippen molar-refractivity contribution in [2.45, 2.75) is 37.3 Å². The number of benzene rings is 2. The molecule has 1 N–H and O–H groups in total. The lowest BCUT2D eigenvalue weighted by Gasteiger charge is -2.09. The van der Waals surface area contributed by atoms with E-state index in [2.05, 4.69) is 11.6 Å². The van der Waals surface area contributed by atoms with Crippen molar-refractivity contribution in [3.63, 3.8) is 0 Å². The molecular weight excluding hydrogens is 430 g/mol. The van der Waals surface area contributed by atoms with Gasteiger partial charge in [0.1, 0.15) is 4.21 Å². The Bertz CT molecular complexity index is 1140. The van der Waals surface area contributed by atoms with Crippen LogP contribution in [-0.2, 0) is 14.8 Å². The molecule has 3 rings (SSSR count). The maximum absolute atomic E-state index is 13.0. The first-order valence-corrected chi connectivity index (χ1v) is 12.0. The van der Waals surface area contributed by atoms with E-state index in [-0.39, 0.29) is 4.21 Å². The standard InChI is InChI=1S/C21H22ClNO4S2/c1-3-4-5-11-27-20(24)15-7-6-8-17(12-15)23-29(25,26)21-14(2)18-13-16(22)9-10-19(18)28-21/h6-10,12-13,23H,3-5,11H2,1-2H3. The number of hydrogen-bond acceptors (Lipinski definition) is 5. The molecule has 154 valence electrons. The molecule has 0 radical (unpaired) electrons. The molecule has 1 aromatic heterocycles. The number of nitrogens with one attached hydrogen (secondary N) is 1. The summed E-state index contributed by atoms with van der Waals surface area (Å²) in [6.07, 6.45) is 2.84. The van der Waals surface area contributed by atoms with Gasteiger partial charge in [-0.15, -0.1) is 11.3 Å². The number of halogens is 1. The zero-order valence-electron chi connectivity index (χ0n) is 16.2. The summed E-state index contributed by atoms with van der Waals surface area (Å²) in [6.45, 7) is 4.18. The Hall–Kier alpha value is -2.09. The number of ether oxygens (including phenoxy) is 1. The summed E-state index contributed by atoms with van der Waals surface area (Å²) in [5, 5.41) is 1.37. The molecule has 0 atom stereocenters. The molecule has 1 heterocycles. The van der Waals surface area contributed by atoms with Gasteiger partial charge in [0.05, 0.1) is 12.2 Å². The number of hydrogen-bond donors (Lipinski definition) is 1. The number of thiophene rings is 1. The van der Waals surface area contributed by atoms with Gasteiger partial charge in [-0.05, 0) is 60.7 Å². The van der Waals surface area contributed by atoms with E-state index in [1.807, 2.05) is 6.07 Å². The first-order chi connectivity index (χ1) is 13.8. The second-order valence-electron chi connectivity index (χ2n) is 6.68. The van der Waals surface area contributed by atoms with E-state index in [0.717, 1.165) is 29.3 Å². The normalized spacial score (nSPS) is 11.6. The van der Waals surface area contributed by atoms with Crippen molar-refractivity contribution in [3.8, 4) is 0 Å². The van der Waals surface area contributed by atoms with Crippen LogP contribution in [0.15, 0.2) is 46.7 Å². The Morgan fingerprint density at radius 3 is 2.72 bits per heavy atom. The Labute approximate surface area is 179 Å². The molecule has 0 bridgehead atoms. The van der Waals surface area contributed by atoms with Gasteiger partial charge in [-0.25, -0.2) is 13.2 Å².